The molecule has 0 atom stereocenters. The summed E-state index contributed by atoms with van der Waals surface area (Å²) in [5.74, 6) is 1.16. The summed E-state index contributed by atoms with van der Waals surface area (Å²) in [5, 5.41) is 13.1. The summed E-state index contributed by atoms with van der Waals surface area (Å²) >= 11 is 1.41. The molecular formula is C19H21N5O3S. The molecule has 0 saturated carbocycles. The van der Waals surface area contributed by atoms with Crippen LogP contribution in [0.25, 0.3) is 0 Å². The molecule has 3 aromatic rings. The Bertz CT molecular complexity index is 970. The molecule has 1 aliphatic heterocycles. The second-order valence-corrected chi connectivity index (χ2v) is 7.21. The van der Waals surface area contributed by atoms with Crippen molar-refractivity contribution in [1.29, 1.82) is 0 Å². The number of nitrogens with zero attached hydrogens (tertiary/aromatic N) is 3. The molecule has 0 fully saturated rings. The van der Waals surface area contributed by atoms with Gasteiger partial charge in [0.2, 0.25) is 0 Å². The van der Waals surface area contributed by atoms with Gasteiger partial charge in [0.25, 0.3) is 5.91 Å². The van der Waals surface area contributed by atoms with E-state index >= 15 is 0 Å². The molecule has 0 aliphatic carbocycles. The number of hydrogen-bond donors (Lipinski definition) is 2. The Morgan fingerprint density at radius 2 is 2.21 bits per heavy atom. The first-order valence-electron chi connectivity index (χ1n) is 8.90. The topological polar surface area (TPSA) is 92.4 Å². The largest absolute Gasteiger partial charge is 0.497 e. The Kier molecular flexibility index (Phi) is 5.27. The number of anilines is 1. The molecule has 9 heteroatoms. The zero-order valence-corrected chi connectivity index (χ0v) is 16.5. The maximum Gasteiger partial charge on any atom is 0.281 e. The van der Waals surface area contributed by atoms with Crippen molar-refractivity contribution in [3.05, 3.63) is 52.3 Å². The molecule has 0 radical (unpaired) electrons. The van der Waals surface area contributed by atoms with Gasteiger partial charge in [-0.3, -0.25) is 14.8 Å². The molecule has 1 amide bonds. The standard InChI is InChI=1S/C19H21N5O3S/c1-26-13-4-3-12(16(9-13)27-2)11-24(19-21-7-8-28-19)18(25)17-14-10-20-6-5-15(14)22-23-17/h3-4,7-9,20H,5-6,10-11H2,1-2H3,(H,22,23). The number of carbonyl (C=O) groups is 1. The molecule has 8 nitrogen and oxygen atoms in total. The predicted molar refractivity (Wildman–Crippen MR) is 106 cm³/mol. The van der Waals surface area contributed by atoms with E-state index in [-0.39, 0.29) is 5.91 Å². The molecule has 1 aromatic carbocycles. The van der Waals surface area contributed by atoms with Gasteiger partial charge in [-0.1, -0.05) is 0 Å². The van der Waals surface area contributed by atoms with Crippen LogP contribution in [-0.4, -0.2) is 41.9 Å². The number of H-pyrrole nitrogens is 1. The number of aromatic amines is 1. The van der Waals surface area contributed by atoms with Crippen molar-refractivity contribution >= 4 is 22.4 Å². The van der Waals surface area contributed by atoms with Gasteiger partial charge < -0.3 is 14.8 Å². The van der Waals surface area contributed by atoms with Crippen molar-refractivity contribution in [1.82, 2.24) is 20.5 Å². The van der Waals surface area contributed by atoms with Crippen molar-refractivity contribution in [2.24, 2.45) is 0 Å². The Hall–Kier alpha value is -2.91. The molecule has 0 saturated heterocycles. The van der Waals surface area contributed by atoms with Crippen LogP contribution in [0.3, 0.4) is 0 Å². The lowest BCUT2D eigenvalue weighted by molar-refractivity contribution is 0.0979. The van der Waals surface area contributed by atoms with E-state index in [1.54, 1.807) is 31.4 Å². The van der Waals surface area contributed by atoms with Gasteiger partial charge >= 0.3 is 0 Å². The van der Waals surface area contributed by atoms with E-state index in [9.17, 15) is 4.79 Å². The number of aromatic nitrogens is 3. The zero-order chi connectivity index (χ0) is 19.5. The van der Waals surface area contributed by atoms with Crippen molar-refractivity contribution < 1.29 is 14.3 Å². The molecule has 0 spiro atoms. The minimum Gasteiger partial charge on any atom is -0.497 e. The lowest BCUT2D eigenvalue weighted by atomic mass is 10.1. The smallest absolute Gasteiger partial charge is 0.281 e. The first kappa shape index (κ1) is 18.5. The van der Waals surface area contributed by atoms with Crippen LogP contribution >= 0.6 is 11.3 Å². The van der Waals surface area contributed by atoms with E-state index in [1.165, 1.54) is 11.3 Å². The molecular weight excluding hydrogens is 378 g/mol. The Labute approximate surface area is 166 Å². The first-order valence-corrected chi connectivity index (χ1v) is 9.78. The Morgan fingerprint density at radius 1 is 1.32 bits per heavy atom. The number of ether oxygens (including phenoxy) is 2. The van der Waals surface area contributed by atoms with Gasteiger partial charge in [0.15, 0.2) is 10.8 Å². The number of thiazole rings is 1. The van der Waals surface area contributed by atoms with E-state index in [0.29, 0.717) is 35.4 Å². The van der Waals surface area contributed by atoms with E-state index < -0.39 is 0 Å². The molecule has 0 bridgehead atoms. The van der Waals surface area contributed by atoms with Crippen molar-refractivity contribution in [2.45, 2.75) is 19.5 Å². The summed E-state index contributed by atoms with van der Waals surface area (Å²) in [6.45, 7) is 1.82. The summed E-state index contributed by atoms with van der Waals surface area (Å²) < 4.78 is 10.8. The van der Waals surface area contributed by atoms with E-state index in [4.69, 9.17) is 9.47 Å². The average molecular weight is 399 g/mol. The fourth-order valence-corrected chi connectivity index (χ4v) is 3.90. The van der Waals surface area contributed by atoms with Crippen LogP contribution in [0.1, 0.15) is 27.3 Å². The average Bonchev–Trinajstić information content (AvgIpc) is 3.41. The van der Waals surface area contributed by atoms with E-state index in [2.05, 4.69) is 20.5 Å². The van der Waals surface area contributed by atoms with Gasteiger partial charge in [0, 0.05) is 54.0 Å². The second kappa shape index (κ2) is 7.99. The lowest BCUT2D eigenvalue weighted by Gasteiger charge is -2.22. The van der Waals surface area contributed by atoms with E-state index in [1.807, 2.05) is 17.5 Å². The number of carbonyl (C=O) groups excluding carboxylic acids is 1. The molecule has 4 rings (SSSR count). The summed E-state index contributed by atoms with van der Waals surface area (Å²) in [6.07, 6.45) is 2.52. The highest BCUT2D eigenvalue weighted by Gasteiger charge is 2.28. The van der Waals surface area contributed by atoms with Crippen molar-refractivity contribution in [3.8, 4) is 11.5 Å². The first-order chi connectivity index (χ1) is 13.7. The molecule has 28 heavy (non-hydrogen) atoms. The van der Waals surface area contributed by atoms with Crippen LogP contribution < -0.4 is 19.7 Å². The molecule has 3 heterocycles. The molecule has 2 N–H and O–H groups in total. The number of fused-ring (bicyclic) bond motifs is 1. The minimum absolute atomic E-state index is 0.186. The third-order valence-corrected chi connectivity index (χ3v) is 5.52. The van der Waals surface area contributed by atoms with Gasteiger partial charge in [0.1, 0.15) is 11.5 Å². The molecule has 1 aliphatic rings. The summed E-state index contributed by atoms with van der Waals surface area (Å²) in [5.41, 5.74) is 3.24. The second-order valence-electron chi connectivity index (χ2n) is 6.34. The highest BCUT2D eigenvalue weighted by atomic mass is 32.1. The number of amides is 1. The van der Waals surface area contributed by atoms with Crippen molar-refractivity contribution in [3.63, 3.8) is 0 Å². The van der Waals surface area contributed by atoms with Gasteiger partial charge in [-0.15, -0.1) is 11.3 Å². The van der Waals surface area contributed by atoms with Crippen LogP contribution in [0.15, 0.2) is 29.8 Å². The van der Waals surface area contributed by atoms with Crippen molar-refractivity contribution in [2.75, 3.05) is 25.7 Å². The monoisotopic (exact) mass is 399 g/mol. The number of nitrogens with one attached hydrogen (secondary N) is 2. The zero-order valence-electron chi connectivity index (χ0n) is 15.7. The summed E-state index contributed by atoms with van der Waals surface area (Å²) in [6, 6.07) is 5.55. The van der Waals surface area contributed by atoms with Crippen LogP contribution in [0.5, 0.6) is 11.5 Å². The normalized spacial score (nSPS) is 13.1. The van der Waals surface area contributed by atoms with Crippen LogP contribution in [0.4, 0.5) is 5.13 Å². The van der Waals surface area contributed by atoms with Crippen LogP contribution in [0, 0.1) is 0 Å². The van der Waals surface area contributed by atoms with Gasteiger partial charge in [-0.05, 0) is 12.1 Å². The fourth-order valence-electron chi connectivity index (χ4n) is 3.26. The fraction of sp³-hybridized carbons (Fsp3) is 0.316. The number of rotatable bonds is 6. The van der Waals surface area contributed by atoms with Gasteiger partial charge in [-0.2, -0.15) is 5.10 Å². The summed E-state index contributed by atoms with van der Waals surface area (Å²) in [7, 11) is 3.21. The number of benzene rings is 1. The van der Waals surface area contributed by atoms with Crippen LogP contribution in [0.2, 0.25) is 0 Å². The highest BCUT2D eigenvalue weighted by molar-refractivity contribution is 7.13. The number of hydrogen-bond acceptors (Lipinski definition) is 7. The molecule has 0 unspecified atom stereocenters. The quantitative estimate of drug-likeness (QED) is 0.661. The maximum atomic E-state index is 13.4. The lowest BCUT2D eigenvalue weighted by Crippen LogP contribution is -2.33. The minimum atomic E-state index is -0.186. The van der Waals surface area contributed by atoms with Gasteiger partial charge in [0.05, 0.1) is 20.8 Å². The Morgan fingerprint density at radius 3 is 2.96 bits per heavy atom. The predicted octanol–water partition coefficient (Wildman–Crippen LogP) is 2.38. The summed E-state index contributed by atoms with van der Waals surface area (Å²) in [4.78, 5) is 19.4. The number of methoxy groups -OCH3 is 2. The highest BCUT2D eigenvalue weighted by Crippen LogP contribution is 2.30. The van der Waals surface area contributed by atoms with E-state index in [0.717, 1.165) is 29.8 Å². The SMILES string of the molecule is COc1ccc(CN(C(=O)c2n[nH]c3c2CNCC3)c2nccs2)c(OC)c1. The third kappa shape index (κ3) is 3.46. The molecule has 146 valence electrons. The molecule has 2 aromatic heterocycles. The van der Waals surface area contributed by atoms with Crippen LogP contribution in [-0.2, 0) is 19.5 Å². The third-order valence-electron chi connectivity index (χ3n) is 4.73. The maximum absolute atomic E-state index is 13.4. The van der Waals surface area contributed by atoms with Gasteiger partial charge in [-0.25, -0.2) is 4.98 Å². The Balaban J connectivity index is 1.69.